The number of ketones is 1. The number of amides is 1. The number of Topliss-reactive ketones (excluding diaryl/α,β-unsaturated/α-hetero) is 1. The van der Waals surface area contributed by atoms with Gasteiger partial charge in [-0.2, -0.15) is 0 Å². The third-order valence-electron chi connectivity index (χ3n) is 3.00. The fourth-order valence-electron chi connectivity index (χ4n) is 2.33. The maximum absolute atomic E-state index is 11.0. The molecule has 0 aromatic heterocycles. The van der Waals surface area contributed by atoms with E-state index in [1.807, 2.05) is 4.90 Å². The van der Waals surface area contributed by atoms with Gasteiger partial charge in [-0.3, -0.25) is 9.59 Å². The van der Waals surface area contributed by atoms with Gasteiger partial charge in [-0.15, -0.1) is 0 Å². The van der Waals surface area contributed by atoms with Gasteiger partial charge in [0.1, 0.15) is 5.78 Å². The van der Waals surface area contributed by atoms with Crippen molar-refractivity contribution in [3.8, 4) is 0 Å². The fourth-order valence-corrected chi connectivity index (χ4v) is 2.33. The summed E-state index contributed by atoms with van der Waals surface area (Å²) in [5.41, 5.74) is 0. The highest BCUT2D eigenvalue weighted by Crippen LogP contribution is 2.35. The molecule has 2 fully saturated rings. The van der Waals surface area contributed by atoms with Crippen molar-refractivity contribution in [3.05, 3.63) is 0 Å². The Kier molecular flexibility index (Phi) is 1.67. The summed E-state index contributed by atoms with van der Waals surface area (Å²) in [6.45, 7) is 3.22. The predicted molar refractivity (Wildman–Crippen MR) is 43.5 cm³/mol. The first-order valence-corrected chi connectivity index (χ1v) is 4.44. The summed E-state index contributed by atoms with van der Waals surface area (Å²) in [7, 11) is 0. The highest BCUT2D eigenvalue weighted by atomic mass is 16.2. The van der Waals surface area contributed by atoms with E-state index in [1.165, 1.54) is 0 Å². The van der Waals surface area contributed by atoms with E-state index in [1.54, 1.807) is 6.92 Å². The van der Waals surface area contributed by atoms with Crippen LogP contribution >= 0.6 is 0 Å². The minimum Gasteiger partial charge on any atom is -0.342 e. The van der Waals surface area contributed by atoms with Gasteiger partial charge in [0.05, 0.1) is 0 Å². The average molecular weight is 167 g/mol. The minimum atomic E-state index is 0.150. The molecule has 0 aromatic carbocycles. The van der Waals surface area contributed by atoms with Gasteiger partial charge in [0.2, 0.25) is 5.91 Å². The molecule has 2 rings (SSSR count). The van der Waals surface area contributed by atoms with Crippen LogP contribution in [0.2, 0.25) is 0 Å². The van der Waals surface area contributed by atoms with Gasteiger partial charge in [0.15, 0.2) is 0 Å². The Balaban J connectivity index is 2.02. The first-order valence-electron chi connectivity index (χ1n) is 4.44. The van der Waals surface area contributed by atoms with E-state index in [0.717, 1.165) is 13.1 Å². The first-order chi connectivity index (χ1) is 5.66. The average Bonchev–Trinajstić information content (AvgIpc) is 2.42. The van der Waals surface area contributed by atoms with E-state index < -0.39 is 0 Å². The molecule has 1 aliphatic carbocycles. The second-order valence-corrected chi connectivity index (χ2v) is 3.89. The van der Waals surface area contributed by atoms with E-state index in [2.05, 4.69) is 0 Å². The van der Waals surface area contributed by atoms with Gasteiger partial charge < -0.3 is 4.90 Å². The molecule has 0 aromatic rings. The van der Waals surface area contributed by atoms with Crippen molar-refractivity contribution in [2.45, 2.75) is 19.8 Å². The zero-order chi connectivity index (χ0) is 8.72. The summed E-state index contributed by atoms with van der Waals surface area (Å²) in [6.07, 6.45) is 1.41. The van der Waals surface area contributed by atoms with Gasteiger partial charge in [0.25, 0.3) is 0 Å². The summed E-state index contributed by atoms with van der Waals surface area (Å²) >= 11 is 0. The predicted octanol–water partition coefficient (Wildman–Crippen LogP) is 0.444. The van der Waals surface area contributed by atoms with E-state index in [4.69, 9.17) is 0 Å². The molecule has 2 aliphatic rings. The molecule has 12 heavy (non-hydrogen) atoms. The zero-order valence-electron chi connectivity index (χ0n) is 7.25. The topological polar surface area (TPSA) is 37.4 Å². The maximum atomic E-state index is 11.0. The first kappa shape index (κ1) is 7.77. The maximum Gasteiger partial charge on any atom is 0.219 e. The Labute approximate surface area is 71.7 Å². The Bertz CT molecular complexity index is 221. The van der Waals surface area contributed by atoms with E-state index in [0.29, 0.717) is 30.5 Å². The number of rotatable bonds is 0. The largest absolute Gasteiger partial charge is 0.342 e. The molecule has 3 nitrogen and oxygen atoms in total. The zero-order valence-corrected chi connectivity index (χ0v) is 7.25. The Morgan fingerprint density at radius 3 is 2.25 bits per heavy atom. The second kappa shape index (κ2) is 2.57. The molecule has 0 N–H and O–H groups in total. The number of likely N-dealkylation sites (tertiary alicyclic amines) is 1. The van der Waals surface area contributed by atoms with Crippen LogP contribution in [0, 0.1) is 11.8 Å². The van der Waals surface area contributed by atoms with E-state index in [-0.39, 0.29) is 5.91 Å². The van der Waals surface area contributed by atoms with Crippen LogP contribution in [0.3, 0.4) is 0 Å². The lowest BCUT2D eigenvalue weighted by atomic mass is 10.0. The standard InChI is InChI=1S/C9H13NO2/c1-6(11)10-4-7-2-9(12)3-8(7)5-10/h7-8H,2-5H2,1H3/t7-,8-/m1/s1. The van der Waals surface area contributed by atoms with Crippen LogP contribution in [-0.2, 0) is 9.59 Å². The van der Waals surface area contributed by atoms with Crippen LogP contribution in [0.25, 0.3) is 0 Å². The van der Waals surface area contributed by atoms with Crippen molar-refractivity contribution in [2.75, 3.05) is 13.1 Å². The molecule has 1 amide bonds. The number of carbonyl (C=O) groups excluding carboxylic acids is 2. The van der Waals surface area contributed by atoms with Crippen molar-refractivity contribution < 1.29 is 9.59 Å². The van der Waals surface area contributed by atoms with E-state index >= 15 is 0 Å². The molecule has 1 saturated carbocycles. The van der Waals surface area contributed by atoms with Gasteiger partial charge in [0, 0.05) is 32.9 Å². The molecule has 1 heterocycles. The van der Waals surface area contributed by atoms with Gasteiger partial charge in [-0.05, 0) is 11.8 Å². The Morgan fingerprint density at radius 2 is 1.83 bits per heavy atom. The summed E-state index contributed by atoms with van der Waals surface area (Å²) in [6, 6.07) is 0. The lowest BCUT2D eigenvalue weighted by molar-refractivity contribution is -0.128. The highest BCUT2D eigenvalue weighted by Gasteiger charge is 2.40. The molecule has 3 heteroatoms. The number of nitrogens with zero attached hydrogens (tertiary/aromatic N) is 1. The molecule has 66 valence electrons. The summed E-state index contributed by atoms with van der Waals surface area (Å²) in [4.78, 5) is 23.9. The van der Waals surface area contributed by atoms with Crippen LogP contribution in [0.1, 0.15) is 19.8 Å². The van der Waals surface area contributed by atoms with Crippen molar-refractivity contribution in [3.63, 3.8) is 0 Å². The van der Waals surface area contributed by atoms with E-state index in [9.17, 15) is 9.59 Å². The van der Waals surface area contributed by atoms with Gasteiger partial charge >= 0.3 is 0 Å². The van der Waals surface area contributed by atoms with Crippen LogP contribution in [-0.4, -0.2) is 29.7 Å². The summed E-state index contributed by atoms with van der Waals surface area (Å²) < 4.78 is 0. The molecule has 0 unspecified atom stereocenters. The minimum absolute atomic E-state index is 0.150. The van der Waals surface area contributed by atoms with Crippen LogP contribution in [0.15, 0.2) is 0 Å². The molecular formula is C9H13NO2. The molecule has 1 aliphatic heterocycles. The van der Waals surface area contributed by atoms with Crippen LogP contribution in [0.5, 0.6) is 0 Å². The third-order valence-corrected chi connectivity index (χ3v) is 3.00. The monoisotopic (exact) mass is 167 g/mol. The van der Waals surface area contributed by atoms with Gasteiger partial charge in [-0.25, -0.2) is 0 Å². The smallest absolute Gasteiger partial charge is 0.219 e. The lowest BCUT2D eigenvalue weighted by Crippen LogP contribution is -2.27. The molecule has 1 saturated heterocycles. The van der Waals surface area contributed by atoms with Crippen LogP contribution < -0.4 is 0 Å². The number of hydrogen-bond acceptors (Lipinski definition) is 2. The number of hydrogen-bond donors (Lipinski definition) is 0. The summed E-state index contributed by atoms with van der Waals surface area (Å²) in [5, 5.41) is 0. The number of fused-ring (bicyclic) bond motifs is 1. The third kappa shape index (κ3) is 1.13. The lowest BCUT2D eigenvalue weighted by Gasteiger charge is -2.13. The molecule has 0 bridgehead atoms. The fraction of sp³-hybridized carbons (Fsp3) is 0.778. The van der Waals surface area contributed by atoms with Crippen molar-refractivity contribution in [2.24, 2.45) is 11.8 Å². The SMILES string of the molecule is CC(=O)N1C[C@H]2CC(=O)C[C@@H]2C1. The normalized spacial score (nSPS) is 34.1. The van der Waals surface area contributed by atoms with Crippen molar-refractivity contribution in [1.82, 2.24) is 4.90 Å². The number of carbonyl (C=O) groups is 2. The quantitative estimate of drug-likeness (QED) is 0.525. The molecule has 0 spiro atoms. The van der Waals surface area contributed by atoms with Gasteiger partial charge in [-0.1, -0.05) is 0 Å². The molecular weight excluding hydrogens is 154 g/mol. The Hall–Kier alpha value is -0.860. The molecule has 2 atom stereocenters. The second-order valence-electron chi connectivity index (χ2n) is 3.89. The van der Waals surface area contributed by atoms with Crippen molar-refractivity contribution in [1.29, 1.82) is 0 Å². The summed E-state index contributed by atoms with van der Waals surface area (Å²) in [5.74, 6) is 1.48. The Morgan fingerprint density at radius 1 is 1.33 bits per heavy atom. The highest BCUT2D eigenvalue weighted by molar-refractivity contribution is 5.82. The van der Waals surface area contributed by atoms with Crippen molar-refractivity contribution >= 4 is 11.7 Å². The van der Waals surface area contributed by atoms with Crippen LogP contribution in [0.4, 0.5) is 0 Å². The molecule has 0 radical (unpaired) electrons.